The van der Waals surface area contributed by atoms with E-state index in [0.717, 1.165) is 18.8 Å². The molecule has 0 spiro atoms. The number of halogens is 2. The minimum Gasteiger partial charge on any atom is -0.378 e. The van der Waals surface area contributed by atoms with Crippen molar-refractivity contribution in [2.75, 3.05) is 11.9 Å². The van der Waals surface area contributed by atoms with E-state index in [1.54, 1.807) is 31.2 Å². The van der Waals surface area contributed by atoms with Gasteiger partial charge in [-0.05, 0) is 49.7 Å². The molecule has 3 aromatic carbocycles. The van der Waals surface area contributed by atoms with E-state index in [0.29, 0.717) is 11.3 Å². The first-order chi connectivity index (χ1) is 16.5. The molecule has 3 aromatic rings. The first kappa shape index (κ1) is 26.8. The summed E-state index contributed by atoms with van der Waals surface area (Å²) in [6.07, 6.45) is -0.194. The largest absolute Gasteiger partial charge is 0.378 e. The zero-order valence-corrected chi connectivity index (χ0v) is 22.9. The molecule has 0 aliphatic heterocycles. The predicted molar refractivity (Wildman–Crippen MR) is 142 cm³/mol. The number of carbonyl (C=O) groups is 1. The number of nitro groups is 1. The van der Waals surface area contributed by atoms with Gasteiger partial charge in [-0.3, -0.25) is 14.9 Å². The SMILES string of the molecule is CCN(C(=O)C[C@H](Nc1cc(Br)cc(Br)c1)c1ccc([N+](=O)[O-])cc1)S(=O)(=O)c1ccc(C)cc1. The number of hydrogen-bond donors (Lipinski definition) is 1. The fourth-order valence-electron chi connectivity index (χ4n) is 3.51. The van der Waals surface area contributed by atoms with E-state index in [9.17, 15) is 23.3 Å². The lowest BCUT2D eigenvalue weighted by Crippen LogP contribution is -2.38. The van der Waals surface area contributed by atoms with Crippen LogP contribution in [0.4, 0.5) is 11.4 Å². The van der Waals surface area contributed by atoms with Crippen molar-refractivity contribution in [1.82, 2.24) is 4.31 Å². The normalized spacial score (nSPS) is 12.1. The van der Waals surface area contributed by atoms with E-state index in [1.807, 2.05) is 25.1 Å². The molecular formula is C24H23Br2N3O5S. The third-order valence-corrected chi connectivity index (χ3v) is 8.09. The van der Waals surface area contributed by atoms with Crippen LogP contribution in [-0.2, 0) is 14.8 Å². The van der Waals surface area contributed by atoms with Crippen LogP contribution >= 0.6 is 31.9 Å². The Kier molecular flexibility index (Phi) is 8.68. The number of non-ortho nitro benzene ring substituents is 1. The number of anilines is 1. The zero-order chi connectivity index (χ0) is 25.8. The molecular weight excluding hydrogens is 602 g/mol. The molecule has 35 heavy (non-hydrogen) atoms. The second-order valence-corrected chi connectivity index (χ2v) is 11.5. The fraction of sp³-hybridized carbons (Fsp3) is 0.208. The molecule has 0 heterocycles. The molecule has 0 saturated heterocycles. The molecule has 1 N–H and O–H groups in total. The van der Waals surface area contributed by atoms with E-state index in [2.05, 4.69) is 37.2 Å². The summed E-state index contributed by atoms with van der Waals surface area (Å²) in [6.45, 7) is 3.41. The van der Waals surface area contributed by atoms with Crippen LogP contribution < -0.4 is 5.32 Å². The Bertz CT molecular complexity index is 1310. The summed E-state index contributed by atoms with van der Waals surface area (Å²) < 4.78 is 28.8. The van der Waals surface area contributed by atoms with Crippen molar-refractivity contribution in [3.8, 4) is 0 Å². The molecule has 0 bridgehead atoms. The second-order valence-electron chi connectivity index (χ2n) is 7.78. The van der Waals surface area contributed by atoms with Gasteiger partial charge < -0.3 is 5.32 Å². The maximum absolute atomic E-state index is 13.3. The van der Waals surface area contributed by atoms with E-state index in [4.69, 9.17) is 0 Å². The first-order valence-corrected chi connectivity index (χ1v) is 13.6. The Morgan fingerprint density at radius 1 is 1.03 bits per heavy atom. The lowest BCUT2D eigenvalue weighted by molar-refractivity contribution is -0.384. The van der Waals surface area contributed by atoms with E-state index < -0.39 is 26.9 Å². The van der Waals surface area contributed by atoms with Gasteiger partial charge >= 0.3 is 0 Å². The van der Waals surface area contributed by atoms with Gasteiger partial charge in [-0.15, -0.1) is 0 Å². The van der Waals surface area contributed by atoms with Crippen molar-refractivity contribution >= 4 is 59.2 Å². The summed E-state index contributed by atoms with van der Waals surface area (Å²) in [7, 11) is -4.05. The van der Waals surface area contributed by atoms with Crippen LogP contribution in [0.5, 0.6) is 0 Å². The van der Waals surface area contributed by atoms with Crippen molar-refractivity contribution in [3.63, 3.8) is 0 Å². The molecule has 0 aromatic heterocycles. The van der Waals surface area contributed by atoms with Crippen LogP contribution in [0.1, 0.15) is 30.5 Å². The zero-order valence-electron chi connectivity index (χ0n) is 18.9. The minimum atomic E-state index is -4.05. The van der Waals surface area contributed by atoms with Crippen molar-refractivity contribution in [2.24, 2.45) is 0 Å². The number of nitrogens with zero attached hydrogens (tertiary/aromatic N) is 2. The third-order valence-electron chi connectivity index (χ3n) is 5.26. The van der Waals surface area contributed by atoms with Gasteiger partial charge in [-0.1, -0.05) is 61.7 Å². The Morgan fingerprint density at radius 2 is 1.60 bits per heavy atom. The van der Waals surface area contributed by atoms with Gasteiger partial charge in [-0.2, -0.15) is 0 Å². The van der Waals surface area contributed by atoms with Crippen LogP contribution in [0.25, 0.3) is 0 Å². The molecule has 0 unspecified atom stereocenters. The molecule has 1 atom stereocenters. The molecule has 0 radical (unpaired) electrons. The summed E-state index contributed by atoms with van der Waals surface area (Å²) in [5.41, 5.74) is 2.10. The first-order valence-electron chi connectivity index (χ1n) is 10.6. The predicted octanol–water partition coefficient (Wildman–Crippen LogP) is 6.21. The standard InChI is InChI=1S/C24H23Br2N3O5S/c1-3-28(35(33,34)22-10-4-16(2)5-11-22)24(30)15-23(17-6-8-21(9-7-17)29(31)32)27-20-13-18(25)12-19(26)14-20/h4-14,23,27H,3,15H2,1-2H3/t23-/m0/s1. The minimum absolute atomic E-state index is 0.0362. The van der Waals surface area contributed by atoms with Crippen LogP contribution in [0.3, 0.4) is 0 Å². The highest BCUT2D eigenvalue weighted by Crippen LogP contribution is 2.30. The average Bonchev–Trinajstić information content (AvgIpc) is 2.78. The summed E-state index contributed by atoms with van der Waals surface area (Å²) in [6, 6.07) is 17.0. The van der Waals surface area contributed by atoms with Gasteiger partial charge in [0.1, 0.15) is 0 Å². The number of rotatable bonds is 9. The topological polar surface area (TPSA) is 110 Å². The number of carbonyl (C=O) groups excluding carboxylic acids is 1. The summed E-state index contributed by atoms with van der Waals surface area (Å²) in [4.78, 5) is 23.9. The van der Waals surface area contributed by atoms with Crippen molar-refractivity contribution < 1.29 is 18.1 Å². The average molecular weight is 625 g/mol. The number of sulfonamides is 1. The molecule has 0 aliphatic carbocycles. The number of benzene rings is 3. The second kappa shape index (κ2) is 11.3. The molecule has 1 amide bonds. The van der Waals surface area contributed by atoms with Gasteiger partial charge in [0, 0.05) is 33.3 Å². The maximum Gasteiger partial charge on any atom is 0.269 e. The Morgan fingerprint density at radius 3 is 2.11 bits per heavy atom. The van der Waals surface area contributed by atoms with Gasteiger partial charge in [0.05, 0.1) is 22.3 Å². The summed E-state index contributed by atoms with van der Waals surface area (Å²) in [5.74, 6) is -0.599. The van der Waals surface area contributed by atoms with Gasteiger partial charge in [0.15, 0.2) is 0 Å². The smallest absolute Gasteiger partial charge is 0.269 e. The fourth-order valence-corrected chi connectivity index (χ4v) is 6.22. The van der Waals surface area contributed by atoms with Crippen LogP contribution in [0.15, 0.2) is 80.6 Å². The molecule has 184 valence electrons. The Balaban J connectivity index is 1.94. The Hall–Kier alpha value is -2.76. The third kappa shape index (κ3) is 6.68. The number of nitro benzene ring substituents is 1. The van der Waals surface area contributed by atoms with Gasteiger partial charge in [0.2, 0.25) is 5.91 Å². The highest BCUT2D eigenvalue weighted by Gasteiger charge is 2.30. The van der Waals surface area contributed by atoms with E-state index >= 15 is 0 Å². The molecule has 0 fully saturated rings. The Labute approximate surface area is 220 Å². The molecule has 3 rings (SSSR count). The molecule has 11 heteroatoms. The van der Waals surface area contributed by atoms with Gasteiger partial charge in [-0.25, -0.2) is 12.7 Å². The van der Waals surface area contributed by atoms with Crippen LogP contribution in [0.2, 0.25) is 0 Å². The molecule has 0 saturated carbocycles. The van der Waals surface area contributed by atoms with Crippen LogP contribution in [-0.4, -0.2) is 30.1 Å². The van der Waals surface area contributed by atoms with Crippen LogP contribution in [0, 0.1) is 17.0 Å². The maximum atomic E-state index is 13.3. The van der Waals surface area contributed by atoms with Crippen molar-refractivity contribution in [2.45, 2.75) is 31.2 Å². The quantitative estimate of drug-likeness (QED) is 0.224. The number of aryl methyl sites for hydroxylation is 1. The summed E-state index contributed by atoms with van der Waals surface area (Å²) in [5, 5.41) is 14.3. The monoisotopic (exact) mass is 623 g/mol. The van der Waals surface area contributed by atoms with Crippen molar-refractivity contribution in [3.05, 3.63) is 96.9 Å². The number of nitrogens with one attached hydrogen (secondary N) is 1. The highest BCUT2D eigenvalue weighted by molar-refractivity contribution is 9.11. The number of hydrogen-bond acceptors (Lipinski definition) is 6. The molecule has 8 nitrogen and oxygen atoms in total. The van der Waals surface area contributed by atoms with Gasteiger partial charge in [0.25, 0.3) is 15.7 Å². The number of amides is 1. The molecule has 0 aliphatic rings. The summed E-state index contributed by atoms with van der Waals surface area (Å²) >= 11 is 6.85. The van der Waals surface area contributed by atoms with Crippen molar-refractivity contribution in [1.29, 1.82) is 0 Å². The lowest BCUT2D eigenvalue weighted by Gasteiger charge is -2.25. The van der Waals surface area contributed by atoms with E-state index in [1.165, 1.54) is 24.3 Å². The lowest BCUT2D eigenvalue weighted by atomic mass is 10.0. The van der Waals surface area contributed by atoms with E-state index in [-0.39, 0.29) is 23.5 Å². The highest BCUT2D eigenvalue weighted by atomic mass is 79.9.